The number of hydrogen-bond donors (Lipinski definition) is 1. The molecule has 1 aromatic rings. The summed E-state index contributed by atoms with van der Waals surface area (Å²) in [6.07, 6.45) is 0.717. The summed E-state index contributed by atoms with van der Waals surface area (Å²) in [4.78, 5) is 11.2. The molecule has 4 heteroatoms. The molecule has 0 radical (unpaired) electrons. The van der Waals surface area contributed by atoms with E-state index < -0.39 is 6.09 Å². The lowest BCUT2D eigenvalue weighted by Crippen LogP contribution is -2.22. The number of rotatable bonds is 5. The van der Waals surface area contributed by atoms with Gasteiger partial charge in [-0.25, -0.2) is 4.79 Å². The Balaban J connectivity index is 2.67. The van der Waals surface area contributed by atoms with E-state index in [4.69, 9.17) is 4.74 Å². The molecule has 0 aliphatic rings. The number of carbonyl (C=O) groups excluding carboxylic acids is 1. The Labute approximate surface area is 107 Å². The van der Waals surface area contributed by atoms with Crippen molar-refractivity contribution in [2.75, 3.05) is 7.05 Å². The van der Waals surface area contributed by atoms with Crippen molar-refractivity contribution in [2.45, 2.75) is 31.3 Å². The molecule has 0 aliphatic carbocycles. The van der Waals surface area contributed by atoms with E-state index in [2.05, 4.69) is 19.2 Å². The van der Waals surface area contributed by atoms with Crippen molar-refractivity contribution in [3.8, 4) is 5.75 Å². The lowest BCUT2D eigenvalue weighted by Gasteiger charge is -2.11. The van der Waals surface area contributed by atoms with E-state index in [0.717, 1.165) is 17.7 Å². The first kappa shape index (κ1) is 13.9. The Hall–Kier alpha value is -1.16. The number of amides is 1. The maximum absolute atomic E-state index is 11.2. The summed E-state index contributed by atoms with van der Waals surface area (Å²) in [5.74, 6) is 1.50. The van der Waals surface area contributed by atoms with E-state index in [1.54, 1.807) is 7.05 Å². The maximum atomic E-state index is 11.2. The smallest absolute Gasteiger partial charge is 0.410 e. The van der Waals surface area contributed by atoms with Crippen LogP contribution in [0.4, 0.5) is 4.79 Å². The van der Waals surface area contributed by atoms with Crippen molar-refractivity contribution < 1.29 is 9.53 Å². The van der Waals surface area contributed by atoms with Gasteiger partial charge in [0.05, 0.1) is 0 Å². The monoisotopic (exact) mass is 253 g/mol. The molecule has 0 bridgehead atoms. The van der Waals surface area contributed by atoms with Crippen LogP contribution >= 0.6 is 11.8 Å². The summed E-state index contributed by atoms with van der Waals surface area (Å²) >= 11 is 1.87. The van der Waals surface area contributed by atoms with Crippen LogP contribution in [0.1, 0.15) is 25.8 Å². The predicted octanol–water partition coefficient (Wildman–Crippen LogP) is 3.44. The Morgan fingerprint density at radius 2 is 2.18 bits per heavy atom. The topological polar surface area (TPSA) is 38.3 Å². The third kappa shape index (κ3) is 4.69. The van der Waals surface area contributed by atoms with Crippen LogP contribution in [0, 0.1) is 0 Å². The van der Waals surface area contributed by atoms with Gasteiger partial charge in [-0.3, -0.25) is 0 Å². The van der Waals surface area contributed by atoms with Gasteiger partial charge in [0.2, 0.25) is 0 Å². The molecule has 0 saturated heterocycles. The van der Waals surface area contributed by atoms with E-state index in [-0.39, 0.29) is 0 Å². The van der Waals surface area contributed by atoms with Crippen molar-refractivity contribution in [1.82, 2.24) is 5.32 Å². The van der Waals surface area contributed by atoms with E-state index in [9.17, 15) is 4.79 Å². The van der Waals surface area contributed by atoms with E-state index in [1.807, 2.05) is 36.0 Å². The number of para-hydroxylation sites is 1. The fourth-order valence-electron chi connectivity index (χ4n) is 1.22. The highest BCUT2D eigenvalue weighted by Crippen LogP contribution is 2.26. The zero-order chi connectivity index (χ0) is 12.7. The van der Waals surface area contributed by atoms with Crippen LogP contribution in [0.2, 0.25) is 0 Å². The minimum atomic E-state index is -0.425. The van der Waals surface area contributed by atoms with E-state index >= 15 is 0 Å². The van der Waals surface area contributed by atoms with Crippen LogP contribution in [0.3, 0.4) is 0 Å². The first-order valence-electron chi connectivity index (χ1n) is 5.76. The molecule has 1 atom stereocenters. The molecular formula is C13H19NO2S. The molecule has 1 unspecified atom stereocenters. The molecule has 1 rings (SSSR count). The average Bonchev–Trinajstić information content (AvgIpc) is 2.37. The fraction of sp³-hybridized carbons (Fsp3) is 0.462. The highest BCUT2D eigenvalue weighted by molar-refractivity contribution is 7.99. The van der Waals surface area contributed by atoms with Gasteiger partial charge in [0.1, 0.15) is 5.75 Å². The standard InChI is InChI=1S/C13H19NO2S/c1-4-10(2)17-9-11-7-5-6-8-12(11)16-13(15)14-3/h5-8,10H,4,9H2,1-3H3,(H,14,15). The number of hydrogen-bond acceptors (Lipinski definition) is 3. The molecule has 0 spiro atoms. The molecule has 3 nitrogen and oxygen atoms in total. The van der Waals surface area contributed by atoms with Crippen molar-refractivity contribution in [3.63, 3.8) is 0 Å². The van der Waals surface area contributed by atoms with Gasteiger partial charge < -0.3 is 10.1 Å². The van der Waals surface area contributed by atoms with E-state index in [0.29, 0.717) is 11.0 Å². The van der Waals surface area contributed by atoms with Crippen LogP contribution < -0.4 is 10.1 Å². The molecule has 17 heavy (non-hydrogen) atoms. The van der Waals surface area contributed by atoms with Gasteiger partial charge in [0.15, 0.2) is 0 Å². The number of ether oxygens (including phenoxy) is 1. The Kier molecular flexibility index (Phi) is 5.91. The summed E-state index contributed by atoms with van der Waals surface area (Å²) < 4.78 is 5.20. The minimum Gasteiger partial charge on any atom is -0.410 e. The zero-order valence-corrected chi connectivity index (χ0v) is 11.3. The van der Waals surface area contributed by atoms with Gasteiger partial charge in [-0.2, -0.15) is 11.8 Å². The maximum Gasteiger partial charge on any atom is 0.412 e. The minimum absolute atomic E-state index is 0.425. The van der Waals surface area contributed by atoms with Gasteiger partial charge in [-0.1, -0.05) is 32.0 Å². The summed E-state index contributed by atoms with van der Waals surface area (Å²) in [6, 6.07) is 7.65. The quantitative estimate of drug-likeness (QED) is 0.873. The third-order valence-corrected chi connectivity index (χ3v) is 3.86. The predicted molar refractivity (Wildman–Crippen MR) is 72.6 cm³/mol. The normalized spacial score (nSPS) is 11.9. The first-order valence-corrected chi connectivity index (χ1v) is 6.81. The van der Waals surface area contributed by atoms with Crippen LogP contribution in [0.5, 0.6) is 5.75 Å². The fourth-order valence-corrected chi connectivity index (χ4v) is 2.16. The lowest BCUT2D eigenvalue weighted by atomic mass is 10.2. The van der Waals surface area contributed by atoms with Crippen molar-refractivity contribution in [3.05, 3.63) is 29.8 Å². The molecule has 0 saturated carbocycles. The van der Waals surface area contributed by atoms with Crippen molar-refractivity contribution in [1.29, 1.82) is 0 Å². The number of thioether (sulfide) groups is 1. The Morgan fingerprint density at radius 3 is 2.82 bits per heavy atom. The first-order chi connectivity index (χ1) is 8.17. The second-order valence-corrected chi connectivity index (χ2v) is 5.20. The number of carbonyl (C=O) groups is 1. The van der Waals surface area contributed by atoms with Crippen LogP contribution in [-0.2, 0) is 5.75 Å². The molecule has 94 valence electrons. The summed E-state index contributed by atoms with van der Waals surface area (Å²) in [5, 5.41) is 3.06. The molecule has 0 aromatic heterocycles. The second-order valence-electron chi connectivity index (χ2n) is 3.78. The molecule has 0 fully saturated rings. The highest BCUT2D eigenvalue weighted by Gasteiger charge is 2.08. The molecule has 1 N–H and O–H groups in total. The molecule has 1 amide bonds. The van der Waals surface area contributed by atoms with Crippen LogP contribution in [0.25, 0.3) is 0 Å². The molecular weight excluding hydrogens is 234 g/mol. The summed E-state index contributed by atoms with van der Waals surface area (Å²) in [6.45, 7) is 4.37. The number of benzene rings is 1. The van der Waals surface area contributed by atoms with E-state index in [1.165, 1.54) is 0 Å². The average molecular weight is 253 g/mol. The van der Waals surface area contributed by atoms with Gasteiger partial charge in [0, 0.05) is 23.6 Å². The summed E-state index contributed by atoms with van der Waals surface area (Å²) in [5.41, 5.74) is 1.06. The molecule has 1 aromatic carbocycles. The van der Waals surface area contributed by atoms with Crippen LogP contribution in [-0.4, -0.2) is 18.4 Å². The Bertz CT molecular complexity index is 368. The Morgan fingerprint density at radius 1 is 1.47 bits per heavy atom. The van der Waals surface area contributed by atoms with Gasteiger partial charge in [-0.05, 0) is 12.5 Å². The zero-order valence-electron chi connectivity index (χ0n) is 10.5. The third-order valence-electron chi connectivity index (χ3n) is 2.48. The molecule has 0 heterocycles. The van der Waals surface area contributed by atoms with Gasteiger partial charge in [0.25, 0.3) is 0 Å². The second kappa shape index (κ2) is 7.22. The SMILES string of the molecule is CCC(C)SCc1ccccc1OC(=O)NC. The highest BCUT2D eigenvalue weighted by atomic mass is 32.2. The largest absolute Gasteiger partial charge is 0.412 e. The lowest BCUT2D eigenvalue weighted by molar-refractivity contribution is 0.202. The van der Waals surface area contributed by atoms with Gasteiger partial charge >= 0.3 is 6.09 Å². The van der Waals surface area contributed by atoms with Gasteiger partial charge in [-0.15, -0.1) is 0 Å². The number of nitrogens with one attached hydrogen (secondary N) is 1. The van der Waals surface area contributed by atoms with Crippen molar-refractivity contribution in [2.24, 2.45) is 0 Å². The van der Waals surface area contributed by atoms with Crippen molar-refractivity contribution >= 4 is 17.9 Å². The molecule has 0 aliphatic heterocycles. The summed E-state index contributed by atoms with van der Waals surface area (Å²) in [7, 11) is 1.55. The van der Waals surface area contributed by atoms with Crippen LogP contribution in [0.15, 0.2) is 24.3 Å².